The van der Waals surface area contributed by atoms with Crippen molar-refractivity contribution in [1.29, 1.82) is 0 Å². The predicted molar refractivity (Wildman–Crippen MR) is 86.9 cm³/mol. The van der Waals surface area contributed by atoms with Gasteiger partial charge in [-0.05, 0) is 54.2 Å². The molecule has 136 valence electrons. The fourth-order valence-corrected chi connectivity index (χ4v) is 3.36. The number of aromatic nitrogens is 1. The fourth-order valence-electron chi connectivity index (χ4n) is 3.36. The first-order valence-electron chi connectivity index (χ1n) is 7.88. The minimum atomic E-state index is -4.54. The van der Waals surface area contributed by atoms with Crippen molar-refractivity contribution in [2.45, 2.75) is 31.4 Å². The van der Waals surface area contributed by atoms with E-state index in [0.717, 1.165) is 12.3 Å². The van der Waals surface area contributed by atoms with Crippen molar-refractivity contribution in [2.75, 3.05) is 0 Å². The Balaban J connectivity index is 2.11. The lowest BCUT2D eigenvalue weighted by Crippen LogP contribution is -2.32. The van der Waals surface area contributed by atoms with Gasteiger partial charge in [-0.1, -0.05) is 18.2 Å². The molecule has 3 rings (SSSR count). The number of carboxylic acids is 1. The van der Waals surface area contributed by atoms with Crippen LogP contribution in [0.2, 0.25) is 0 Å². The Kier molecular flexibility index (Phi) is 4.34. The molecule has 1 aliphatic rings. The average Bonchev–Trinajstić information content (AvgIpc) is 3.03. The van der Waals surface area contributed by atoms with Gasteiger partial charge in [0.1, 0.15) is 11.2 Å². The van der Waals surface area contributed by atoms with E-state index in [2.05, 4.69) is 4.98 Å². The topological polar surface area (TPSA) is 50.2 Å². The summed E-state index contributed by atoms with van der Waals surface area (Å²) in [6, 6.07) is 5.16. The van der Waals surface area contributed by atoms with E-state index in [1.165, 1.54) is 37.4 Å². The number of hydrogen-bond acceptors (Lipinski definition) is 2. The second-order valence-electron chi connectivity index (χ2n) is 6.32. The van der Waals surface area contributed by atoms with E-state index in [1.807, 2.05) is 0 Å². The molecule has 0 amide bonds. The van der Waals surface area contributed by atoms with Crippen molar-refractivity contribution in [2.24, 2.45) is 0 Å². The quantitative estimate of drug-likeness (QED) is 0.799. The maximum atomic E-state index is 13.9. The van der Waals surface area contributed by atoms with Crippen LogP contribution in [-0.4, -0.2) is 16.1 Å². The van der Waals surface area contributed by atoms with Crippen LogP contribution in [0.5, 0.6) is 0 Å². The van der Waals surface area contributed by atoms with E-state index in [0.29, 0.717) is 11.1 Å². The zero-order valence-electron chi connectivity index (χ0n) is 13.8. The standard InChI is InChI=1S/C19H15F4NO2/c1-11-15(3-2-4-16(11)20)18(17(25)26)6-5-12(8-18)13-7-14(10-24-9-13)19(21,22)23/h2-4,7-10H,5-6H2,1H3,(H,25,26)/t18-/m0/s1. The van der Waals surface area contributed by atoms with E-state index >= 15 is 0 Å². The summed E-state index contributed by atoms with van der Waals surface area (Å²) >= 11 is 0. The number of alkyl halides is 3. The van der Waals surface area contributed by atoms with Gasteiger partial charge in [-0.15, -0.1) is 0 Å². The predicted octanol–water partition coefficient (Wildman–Crippen LogP) is 4.75. The molecule has 0 radical (unpaired) electrons. The summed E-state index contributed by atoms with van der Waals surface area (Å²) in [6.07, 6.45) is -0.722. The molecule has 0 spiro atoms. The third kappa shape index (κ3) is 2.98. The summed E-state index contributed by atoms with van der Waals surface area (Å²) in [5.74, 6) is -1.69. The molecule has 1 aromatic heterocycles. The molecule has 0 bridgehead atoms. The summed E-state index contributed by atoms with van der Waals surface area (Å²) in [6.45, 7) is 1.49. The summed E-state index contributed by atoms with van der Waals surface area (Å²) in [7, 11) is 0. The maximum Gasteiger partial charge on any atom is 0.417 e. The molecule has 0 aliphatic heterocycles. The van der Waals surface area contributed by atoms with Crippen LogP contribution in [0, 0.1) is 12.7 Å². The van der Waals surface area contributed by atoms with Crippen molar-refractivity contribution in [3.63, 3.8) is 0 Å². The molecule has 2 aromatic rings. The monoisotopic (exact) mass is 365 g/mol. The number of benzene rings is 1. The van der Waals surface area contributed by atoms with Gasteiger partial charge in [-0.3, -0.25) is 9.78 Å². The zero-order valence-corrected chi connectivity index (χ0v) is 13.8. The molecule has 26 heavy (non-hydrogen) atoms. The van der Waals surface area contributed by atoms with Gasteiger partial charge in [-0.2, -0.15) is 13.2 Å². The molecule has 7 heteroatoms. The number of allylic oxidation sites excluding steroid dienone is 1. The zero-order chi connectivity index (χ0) is 19.1. The number of halogens is 4. The van der Waals surface area contributed by atoms with Gasteiger partial charge in [0, 0.05) is 12.4 Å². The lowest BCUT2D eigenvalue weighted by molar-refractivity contribution is -0.142. The highest BCUT2D eigenvalue weighted by molar-refractivity contribution is 5.90. The molecular formula is C19H15F4NO2. The Hall–Kier alpha value is -2.70. The first-order chi connectivity index (χ1) is 12.1. The van der Waals surface area contributed by atoms with Gasteiger partial charge in [0.2, 0.25) is 0 Å². The molecule has 0 saturated heterocycles. The van der Waals surface area contributed by atoms with Gasteiger partial charge in [0.15, 0.2) is 0 Å². The first kappa shape index (κ1) is 18.1. The van der Waals surface area contributed by atoms with Crippen LogP contribution in [0.4, 0.5) is 17.6 Å². The van der Waals surface area contributed by atoms with Crippen molar-refractivity contribution in [1.82, 2.24) is 4.98 Å². The molecule has 1 atom stereocenters. The van der Waals surface area contributed by atoms with Gasteiger partial charge in [0.25, 0.3) is 0 Å². The SMILES string of the molecule is Cc1c(F)cccc1[C@@]1(C(=O)O)C=C(c2cncc(C(F)(F)F)c2)CC1. The largest absolute Gasteiger partial charge is 0.480 e. The Morgan fingerprint density at radius 3 is 2.65 bits per heavy atom. The lowest BCUT2D eigenvalue weighted by Gasteiger charge is -2.24. The third-order valence-corrected chi connectivity index (χ3v) is 4.78. The Morgan fingerprint density at radius 1 is 1.27 bits per heavy atom. The van der Waals surface area contributed by atoms with Crippen LogP contribution in [0.25, 0.3) is 5.57 Å². The van der Waals surface area contributed by atoms with Crippen molar-refractivity contribution >= 4 is 11.5 Å². The second-order valence-corrected chi connectivity index (χ2v) is 6.32. The number of pyridine rings is 1. The van der Waals surface area contributed by atoms with Crippen LogP contribution >= 0.6 is 0 Å². The van der Waals surface area contributed by atoms with E-state index in [4.69, 9.17) is 0 Å². The number of nitrogens with zero attached hydrogens (tertiary/aromatic N) is 1. The smallest absolute Gasteiger partial charge is 0.417 e. The van der Waals surface area contributed by atoms with Crippen molar-refractivity contribution in [3.05, 3.63) is 70.8 Å². The Labute approximate surface area is 147 Å². The molecule has 1 heterocycles. The molecule has 1 aromatic carbocycles. The minimum Gasteiger partial charge on any atom is -0.480 e. The van der Waals surface area contributed by atoms with Gasteiger partial charge in [0.05, 0.1) is 5.56 Å². The van der Waals surface area contributed by atoms with Crippen LogP contribution in [0.3, 0.4) is 0 Å². The molecule has 0 saturated carbocycles. The van der Waals surface area contributed by atoms with Crippen LogP contribution < -0.4 is 0 Å². The first-order valence-corrected chi connectivity index (χ1v) is 7.88. The second kappa shape index (κ2) is 6.23. The summed E-state index contributed by atoms with van der Waals surface area (Å²) in [4.78, 5) is 15.7. The van der Waals surface area contributed by atoms with Crippen molar-refractivity contribution in [3.8, 4) is 0 Å². The molecule has 0 fully saturated rings. The number of carboxylic acid groups (broad SMARTS) is 1. The number of aliphatic carboxylic acids is 1. The van der Waals surface area contributed by atoms with Crippen LogP contribution in [0.15, 0.2) is 42.7 Å². The van der Waals surface area contributed by atoms with Crippen LogP contribution in [0.1, 0.15) is 35.1 Å². The summed E-state index contributed by atoms with van der Waals surface area (Å²) < 4.78 is 52.6. The highest BCUT2D eigenvalue weighted by Crippen LogP contribution is 2.45. The number of rotatable bonds is 3. The third-order valence-electron chi connectivity index (χ3n) is 4.78. The Morgan fingerprint density at radius 2 is 2.00 bits per heavy atom. The van der Waals surface area contributed by atoms with Crippen LogP contribution in [-0.2, 0) is 16.4 Å². The van der Waals surface area contributed by atoms with Gasteiger partial charge in [-0.25, -0.2) is 4.39 Å². The highest BCUT2D eigenvalue weighted by Gasteiger charge is 2.44. The lowest BCUT2D eigenvalue weighted by atomic mass is 9.78. The minimum absolute atomic E-state index is 0.137. The maximum absolute atomic E-state index is 13.9. The normalized spacial score (nSPS) is 20.1. The van der Waals surface area contributed by atoms with E-state index in [9.17, 15) is 27.5 Å². The molecule has 0 unspecified atom stereocenters. The fraction of sp³-hybridized carbons (Fsp3) is 0.263. The summed E-state index contributed by atoms with van der Waals surface area (Å²) in [5, 5.41) is 9.82. The van der Waals surface area contributed by atoms with Gasteiger partial charge < -0.3 is 5.11 Å². The van der Waals surface area contributed by atoms with Crippen molar-refractivity contribution < 1.29 is 27.5 Å². The molecule has 3 nitrogen and oxygen atoms in total. The average molecular weight is 365 g/mol. The van der Waals surface area contributed by atoms with E-state index in [1.54, 1.807) is 0 Å². The molecule has 1 N–H and O–H groups in total. The van der Waals surface area contributed by atoms with E-state index in [-0.39, 0.29) is 24.0 Å². The summed E-state index contributed by atoms with van der Waals surface area (Å²) in [5.41, 5.74) is -1.18. The highest BCUT2D eigenvalue weighted by atomic mass is 19.4. The number of hydrogen-bond donors (Lipinski definition) is 1. The van der Waals surface area contributed by atoms with Gasteiger partial charge >= 0.3 is 12.1 Å². The Bertz CT molecular complexity index is 905. The van der Waals surface area contributed by atoms with E-state index < -0.39 is 28.9 Å². The molecule has 1 aliphatic carbocycles. The number of carbonyl (C=O) groups is 1. The molecular weight excluding hydrogens is 350 g/mol.